The minimum Gasteiger partial charge on any atom is -0.346 e. The number of amides is 1. The molecule has 0 radical (unpaired) electrons. The molecule has 0 bridgehead atoms. The molecule has 138 valence electrons. The van der Waals surface area contributed by atoms with Crippen LogP contribution in [0.1, 0.15) is 63.8 Å². The Bertz CT molecular complexity index is 721. The van der Waals surface area contributed by atoms with Crippen LogP contribution in [0.4, 0.5) is 0 Å². The molecule has 0 fully saturated rings. The van der Waals surface area contributed by atoms with E-state index in [-0.39, 0.29) is 17.4 Å². The van der Waals surface area contributed by atoms with Crippen LogP contribution in [0.3, 0.4) is 0 Å². The summed E-state index contributed by atoms with van der Waals surface area (Å²) >= 11 is 0. The van der Waals surface area contributed by atoms with E-state index < -0.39 is 0 Å². The molecule has 0 spiro atoms. The summed E-state index contributed by atoms with van der Waals surface area (Å²) in [5, 5.41) is 3.14. The number of nitrogens with one attached hydrogen (secondary N) is 1. The third-order valence-corrected chi connectivity index (χ3v) is 4.43. The Morgan fingerprint density at radius 3 is 2.15 bits per heavy atom. The zero-order valence-corrected chi connectivity index (χ0v) is 16.6. The quantitative estimate of drug-likeness (QED) is 0.646. The van der Waals surface area contributed by atoms with Gasteiger partial charge in [0.05, 0.1) is 6.04 Å². The lowest BCUT2D eigenvalue weighted by molar-refractivity contribution is -0.117. The Morgan fingerprint density at radius 1 is 1.00 bits per heavy atom. The average Bonchev–Trinajstić information content (AvgIpc) is 2.59. The van der Waals surface area contributed by atoms with Crippen LogP contribution in [-0.4, -0.2) is 5.91 Å². The third-order valence-electron chi connectivity index (χ3n) is 4.43. The number of hydrogen-bond acceptors (Lipinski definition) is 1. The highest BCUT2D eigenvalue weighted by atomic mass is 16.1. The molecule has 0 saturated heterocycles. The normalized spacial score (nSPS) is 13.2. The molecule has 0 aromatic heterocycles. The molecule has 0 heterocycles. The summed E-state index contributed by atoms with van der Waals surface area (Å²) in [6, 6.07) is 18.6. The van der Waals surface area contributed by atoms with E-state index in [4.69, 9.17) is 0 Å². The van der Waals surface area contributed by atoms with E-state index in [1.54, 1.807) is 6.08 Å². The van der Waals surface area contributed by atoms with E-state index >= 15 is 0 Å². The second-order valence-corrected chi connectivity index (χ2v) is 8.31. The number of rotatable bonds is 6. The van der Waals surface area contributed by atoms with E-state index in [2.05, 4.69) is 76.3 Å². The maximum absolute atomic E-state index is 12.4. The Balaban J connectivity index is 2.04. The van der Waals surface area contributed by atoms with Crippen molar-refractivity contribution in [3.05, 3.63) is 77.4 Å². The number of benzene rings is 2. The highest BCUT2D eigenvalue weighted by Crippen LogP contribution is 2.23. The molecule has 1 N–H and O–H groups in total. The van der Waals surface area contributed by atoms with E-state index in [0.717, 1.165) is 17.5 Å². The summed E-state index contributed by atoms with van der Waals surface area (Å²) in [5.74, 6) is 0.453. The Hall–Kier alpha value is -2.35. The van der Waals surface area contributed by atoms with Gasteiger partial charge in [-0.25, -0.2) is 0 Å². The summed E-state index contributed by atoms with van der Waals surface area (Å²) in [7, 11) is 0. The van der Waals surface area contributed by atoms with Gasteiger partial charge in [-0.1, -0.05) is 89.2 Å². The lowest BCUT2D eigenvalue weighted by atomic mass is 9.87. The van der Waals surface area contributed by atoms with E-state index in [1.165, 1.54) is 5.56 Å². The number of carbonyl (C=O) groups excluding carboxylic acids is 1. The third kappa shape index (κ3) is 6.18. The van der Waals surface area contributed by atoms with Gasteiger partial charge in [-0.2, -0.15) is 0 Å². The molecule has 0 saturated carbocycles. The Labute approximate surface area is 158 Å². The van der Waals surface area contributed by atoms with Crippen LogP contribution < -0.4 is 5.32 Å². The highest BCUT2D eigenvalue weighted by molar-refractivity contribution is 5.92. The largest absolute Gasteiger partial charge is 0.346 e. The first-order chi connectivity index (χ1) is 12.3. The first-order valence-electron chi connectivity index (χ1n) is 9.40. The second kappa shape index (κ2) is 8.84. The fourth-order valence-electron chi connectivity index (χ4n) is 2.92. The van der Waals surface area contributed by atoms with Crippen molar-refractivity contribution in [2.75, 3.05) is 0 Å². The SMILES string of the molecule is CC(C)CC(NC(=O)/C=C/c1ccc(C(C)(C)C)cc1)c1ccccc1. The molecule has 0 aliphatic heterocycles. The predicted octanol–water partition coefficient (Wildman–Crippen LogP) is 5.90. The van der Waals surface area contributed by atoms with Crippen molar-refractivity contribution in [2.45, 2.75) is 52.5 Å². The molecule has 2 rings (SSSR count). The molecule has 0 aliphatic rings. The van der Waals surface area contributed by atoms with Crippen LogP contribution in [0.25, 0.3) is 6.08 Å². The summed E-state index contributed by atoms with van der Waals surface area (Å²) in [5.41, 5.74) is 3.62. The maximum Gasteiger partial charge on any atom is 0.244 e. The standard InChI is InChI=1S/C24H31NO/c1-18(2)17-22(20-9-7-6-8-10-20)25-23(26)16-13-19-11-14-21(15-12-19)24(3,4)5/h6-16,18,22H,17H2,1-5H3,(H,25,26)/b16-13+. The molecule has 1 amide bonds. The first-order valence-corrected chi connectivity index (χ1v) is 9.40. The van der Waals surface area contributed by atoms with Crippen LogP contribution in [0.15, 0.2) is 60.7 Å². The summed E-state index contributed by atoms with van der Waals surface area (Å²) in [6.07, 6.45) is 4.42. The van der Waals surface area contributed by atoms with Crippen molar-refractivity contribution in [1.82, 2.24) is 5.32 Å². The average molecular weight is 350 g/mol. The second-order valence-electron chi connectivity index (χ2n) is 8.31. The summed E-state index contributed by atoms with van der Waals surface area (Å²) in [4.78, 5) is 12.4. The van der Waals surface area contributed by atoms with Crippen molar-refractivity contribution >= 4 is 12.0 Å². The van der Waals surface area contributed by atoms with Crippen molar-refractivity contribution in [2.24, 2.45) is 5.92 Å². The maximum atomic E-state index is 12.4. The molecule has 1 atom stereocenters. The number of carbonyl (C=O) groups is 1. The first kappa shape index (κ1) is 20.0. The van der Waals surface area contributed by atoms with Crippen LogP contribution in [0.5, 0.6) is 0 Å². The minimum atomic E-state index is -0.0561. The van der Waals surface area contributed by atoms with Gasteiger partial charge in [0.25, 0.3) is 0 Å². The molecule has 1 unspecified atom stereocenters. The molecular weight excluding hydrogens is 318 g/mol. The van der Waals surface area contributed by atoms with Gasteiger partial charge in [0, 0.05) is 6.08 Å². The summed E-state index contributed by atoms with van der Waals surface area (Å²) < 4.78 is 0. The molecular formula is C24H31NO. The van der Waals surface area contributed by atoms with Crippen molar-refractivity contribution in [3.63, 3.8) is 0 Å². The molecule has 2 heteroatoms. The smallest absolute Gasteiger partial charge is 0.244 e. The molecule has 0 aliphatic carbocycles. The van der Waals surface area contributed by atoms with Gasteiger partial charge in [-0.05, 0) is 40.5 Å². The predicted molar refractivity (Wildman–Crippen MR) is 111 cm³/mol. The van der Waals surface area contributed by atoms with E-state index in [1.807, 2.05) is 24.3 Å². The monoisotopic (exact) mass is 349 g/mol. The van der Waals surface area contributed by atoms with Gasteiger partial charge in [0.15, 0.2) is 0 Å². The van der Waals surface area contributed by atoms with Crippen LogP contribution >= 0.6 is 0 Å². The fraction of sp³-hybridized carbons (Fsp3) is 0.375. The zero-order chi connectivity index (χ0) is 19.2. The number of hydrogen-bond donors (Lipinski definition) is 1. The zero-order valence-electron chi connectivity index (χ0n) is 16.6. The molecule has 2 aromatic rings. The lowest BCUT2D eigenvalue weighted by Gasteiger charge is -2.20. The molecule has 26 heavy (non-hydrogen) atoms. The van der Waals surface area contributed by atoms with Crippen molar-refractivity contribution in [1.29, 1.82) is 0 Å². The molecule has 2 nitrogen and oxygen atoms in total. The van der Waals surface area contributed by atoms with E-state index in [0.29, 0.717) is 5.92 Å². The fourth-order valence-corrected chi connectivity index (χ4v) is 2.92. The van der Waals surface area contributed by atoms with Crippen LogP contribution in [0.2, 0.25) is 0 Å². The van der Waals surface area contributed by atoms with Gasteiger partial charge >= 0.3 is 0 Å². The van der Waals surface area contributed by atoms with Crippen LogP contribution in [-0.2, 0) is 10.2 Å². The summed E-state index contributed by atoms with van der Waals surface area (Å²) in [6.45, 7) is 10.9. The van der Waals surface area contributed by atoms with Gasteiger partial charge in [0.2, 0.25) is 5.91 Å². The van der Waals surface area contributed by atoms with Gasteiger partial charge in [0.1, 0.15) is 0 Å². The van der Waals surface area contributed by atoms with Crippen molar-refractivity contribution in [3.8, 4) is 0 Å². The highest BCUT2D eigenvalue weighted by Gasteiger charge is 2.15. The van der Waals surface area contributed by atoms with Gasteiger partial charge in [-0.15, -0.1) is 0 Å². The van der Waals surface area contributed by atoms with Gasteiger partial charge < -0.3 is 5.32 Å². The Morgan fingerprint density at radius 2 is 1.62 bits per heavy atom. The molecule has 2 aromatic carbocycles. The lowest BCUT2D eigenvalue weighted by Crippen LogP contribution is -2.27. The van der Waals surface area contributed by atoms with Crippen molar-refractivity contribution < 1.29 is 4.79 Å². The topological polar surface area (TPSA) is 29.1 Å². The van der Waals surface area contributed by atoms with Crippen LogP contribution in [0, 0.1) is 5.92 Å². The minimum absolute atomic E-state index is 0.0385. The van der Waals surface area contributed by atoms with E-state index in [9.17, 15) is 4.79 Å². The van der Waals surface area contributed by atoms with Gasteiger partial charge in [-0.3, -0.25) is 4.79 Å². The Kier molecular flexibility index (Phi) is 6.79.